The van der Waals surface area contributed by atoms with Gasteiger partial charge in [-0.15, -0.1) is 0 Å². The van der Waals surface area contributed by atoms with E-state index >= 15 is 0 Å². The molecule has 0 fully saturated rings. The molecule has 0 saturated heterocycles. The number of fused-ring (bicyclic) bond motifs is 1. The van der Waals surface area contributed by atoms with E-state index in [2.05, 4.69) is 5.32 Å². The van der Waals surface area contributed by atoms with Crippen molar-refractivity contribution in [3.8, 4) is 33.9 Å². The summed E-state index contributed by atoms with van der Waals surface area (Å²) >= 11 is 0. The van der Waals surface area contributed by atoms with Crippen LogP contribution < -0.4 is 20.1 Å². The van der Waals surface area contributed by atoms with Gasteiger partial charge < -0.3 is 20.2 Å². The molecule has 0 aliphatic carbocycles. The standard InChI is InChI=1S/C32H28FN3O6S/c1-4-36(43(3,39)40)27-18-28-26(17-25(27)20-6-5-7-21(16-20)31(34)37)29(32(38)35-2)30(42-28)19-8-12-23(13-9-19)41-24-14-10-22(33)11-15-24/h5-18H,4H2,1-3H3,(H2,34,37)(H,35,38). The number of carbonyl (C=O) groups excluding carboxylic acids is 2. The van der Waals surface area contributed by atoms with Gasteiger partial charge >= 0.3 is 0 Å². The lowest BCUT2D eigenvalue weighted by Gasteiger charge is -2.24. The van der Waals surface area contributed by atoms with Gasteiger partial charge in [0.25, 0.3) is 5.91 Å². The Kier molecular flexibility index (Phi) is 7.92. The van der Waals surface area contributed by atoms with E-state index in [4.69, 9.17) is 14.9 Å². The number of sulfonamides is 1. The SMILES string of the molecule is CCN(c1cc2oc(-c3ccc(Oc4ccc(F)cc4)cc3)c(C(=O)NC)c2cc1-c1cccc(C(N)=O)c1)S(C)(=O)=O. The van der Waals surface area contributed by atoms with Crippen molar-refractivity contribution in [2.75, 3.05) is 24.2 Å². The molecular weight excluding hydrogens is 573 g/mol. The Bertz CT molecular complexity index is 1950. The molecule has 0 aliphatic heterocycles. The van der Waals surface area contributed by atoms with Crippen LogP contribution in [0.5, 0.6) is 11.5 Å². The van der Waals surface area contributed by atoms with Crippen molar-refractivity contribution in [1.82, 2.24) is 5.32 Å². The Labute approximate surface area is 247 Å². The highest BCUT2D eigenvalue weighted by atomic mass is 32.2. The van der Waals surface area contributed by atoms with Crippen LogP contribution in [0.4, 0.5) is 10.1 Å². The highest BCUT2D eigenvalue weighted by Gasteiger charge is 2.27. The summed E-state index contributed by atoms with van der Waals surface area (Å²) in [6, 6.07) is 22.2. The first kappa shape index (κ1) is 29.3. The number of furan rings is 1. The lowest BCUT2D eigenvalue weighted by atomic mass is 9.97. The molecule has 3 N–H and O–H groups in total. The molecule has 0 radical (unpaired) electrons. The van der Waals surface area contributed by atoms with Crippen LogP contribution in [0.25, 0.3) is 33.4 Å². The van der Waals surface area contributed by atoms with E-state index < -0.39 is 21.8 Å². The summed E-state index contributed by atoms with van der Waals surface area (Å²) in [4.78, 5) is 25.2. The molecule has 2 amide bonds. The van der Waals surface area contributed by atoms with Crippen molar-refractivity contribution in [1.29, 1.82) is 0 Å². The molecule has 1 heterocycles. The summed E-state index contributed by atoms with van der Waals surface area (Å²) in [7, 11) is -2.22. The van der Waals surface area contributed by atoms with Gasteiger partial charge in [-0.3, -0.25) is 13.9 Å². The normalized spacial score (nSPS) is 11.3. The molecule has 0 unspecified atom stereocenters. The highest BCUT2D eigenvalue weighted by Crippen LogP contribution is 2.42. The Morgan fingerprint density at radius 2 is 1.60 bits per heavy atom. The number of halogens is 1. The fourth-order valence-electron chi connectivity index (χ4n) is 4.86. The minimum absolute atomic E-state index is 0.123. The molecule has 5 rings (SSSR count). The zero-order valence-corrected chi connectivity index (χ0v) is 24.4. The summed E-state index contributed by atoms with van der Waals surface area (Å²) in [5.41, 5.74) is 8.16. The number of hydrogen-bond donors (Lipinski definition) is 2. The number of carbonyl (C=O) groups is 2. The predicted molar refractivity (Wildman–Crippen MR) is 163 cm³/mol. The molecule has 0 saturated carbocycles. The number of ether oxygens (including phenoxy) is 1. The number of amides is 2. The number of nitrogens with zero attached hydrogens (tertiary/aromatic N) is 1. The topological polar surface area (TPSA) is 132 Å². The molecule has 4 aromatic carbocycles. The van der Waals surface area contributed by atoms with E-state index in [0.29, 0.717) is 39.3 Å². The Morgan fingerprint density at radius 3 is 2.19 bits per heavy atom. The van der Waals surface area contributed by atoms with Crippen LogP contribution in [-0.4, -0.2) is 40.1 Å². The molecule has 11 heteroatoms. The van der Waals surface area contributed by atoms with Crippen LogP contribution in [-0.2, 0) is 10.0 Å². The fourth-order valence-corrected chi connectivity index (χ4v) is 5.84. The average Bonchev–Trinajstić information content (AvgIpc) is 3.36. The molecule has 0 bridgehead atoms. The third kappa shape index (κ3) is 5.93. The number of benzene rings is 4. The maximum Gasteiger partial charge on any atom is 0.255 e. The van der Waals surface area contributed by atoms with Crippen molar-refractivity contribution >= 4 is 38.5 Å². The maximum absolute atomic E-state index is 13.3. The van der Waals surface area contributed by atoms with Gasteiger partial charge in [-0.05, 0) is 79.2 Å². The molecule has 9 nitrogen and oxygen atoms in total. The van der Waals surface area contributed by atoms with Crippen molar-refractivity contribution in [3.63, 3.8) is 0 Å². The number of primary amides is 1. The molecule has 0 atom stereocenters. The maximum atomic E-state index is 13.3. The first-order valence-electron chi connectivity index (χ1n) is 13.2. The molecule has 0 aliphatic rings. The second-order valence-electron chi connectivity index (χ2n) is 9.70. The average molecular weight is 602 g/mol. The molecule has 43 heavy (non-hydrogen) atoms. The van der Waals surface area contributed by atoms with E-state index in [0.717, 1.165) is 6.26 Å². The molecule has 5 aromatic rings. The van der Waals surface area contributed by atoms with Gasteiger partial charge in [0.2, 0.25) is 15.9 Å². The van der Waals surface area contributed by atoms with Crippen LogP contribution in [0.1, 0.15) is 27.6 Å². The monoisotopic (exact) mass is 601 g/mol. The van der Waals surface area contributed by atoms with Gasteiger partial charge in [0, 0.05) is 41.7 Å². The van der Waals surface area contributed by atoms with Gasteiger partial charge in [0.15, 0.2) is 0 Å². The number of hydrogen-bond acceptors (Lipinski definition) is 6. The lowest BCUT2D eigenvalue weighted by Crippen LogP contribution is -2.30. The molecular formula is C32H28FN3O6S. The van der Waals surface area contributed by atoms with Crippen LogP contribution in [0.3, 0.4) is 0 Å². The first-order valence-corrected chi connectivity index (χ1v) is 15.1. The van der Waals surface area contributed by atoms with Gasteiger partial charge in [0.05, 0.1) is 17.5 Å². The number of rotatable bonds is 9. The Hall–Kier alpha value is -5.16. The minimum atomic E-state index is -3.72. The summed E-state index contributed by atoms with van der Waals surface area (Å²) in [5, 5.41) is 3.09. The third-order valence-corrected chi connectivity index (χ3v) is 8.10. The summed E-state index contributed by atoms with van der Waals surface area (Å²) in [5.74, 6) is -0.225. The van der Waals surface area contributed by atoms with E-state index in [-0.39, 0.29) is 34.8 Å². The van der Waals surface area contributed by atoms with E-state index in [9.17, 15) is 22.4 Å². The quantitative estimate of drug-likeness (QED) is 0.215. The van der Waals surface area contributed by atoms with Crippen molar-refractivity contribution < 1.29 is 31.6 Å². The smallest absolute Gasteiger partial charge is 0.255 e. The van der Waals surface area contributed by atoms with Crippen LogP contribution in [0.15, 0.2) is 89.3 Å². The van der Waals surface area contributed by atoms with Crippen molar-refractivity contribution in [3.05, 3.63) is 102 Å². The molecule has 0 spiro atoms. The zero-order valence-electron chi connectivity index (χ0n) is 23.6. The van der Waals surface area contributed by atoms with Crippen molar-refractivity contribution in [2.45, 2.75) is 6.92 Å². The van der Waals surface area contributed by atoms with Gasteiger partial charge in [-0.25, -0.2) is 12.8 Å². The Morgan fingerprint density at radius 1 is 0.953 bits per heavy atom. The third-order valence-electron chi connectivity index (χ3n) is 6.84. The second-order valence-corrected chi connectivity index (χ2v) is 11.6. The lowest BCUT2D eigenvalue weighted by molar-refractivity contribution is 0.0963. The number of nitrogens with two attached hydrogens (primary N) is 1. The van der Waals surface area contributed by atoms with Gasteiger partial charge in [-0.1, -0.05) is 12.1 Å². The number of nitrogens with one attached hydrogen (secondary N) is 1. The summed E-state index contributed by atoms with van der Waals surface area (Å²) in [6.45, 7) is 1.83. The Balaban J connectivity index is 1.70. The van der Waals surface area contributed by atoms with Gasteiger partial charge in [0.1, 0.15) is 28.7 Å². The van der Waals surface area contributed by atoms with E-state index in [1.165, 1.54) is 35.6 Å². The van der Waals surface area contributed by atoms with Crippen LogP contribution in [0, 0.1) is 5.82 Å². The second kappa shape index (κ2) is 11.6. The highest BCUT2D eigenvalue weighted by molar-refractivity contribution is 7.92. The predicted octanol–water partition coefficient (Wildman–Crippen LogP) is 5.94. The molecule has 220 valence electrons. The summed E-state index contributed by atoms with van der Waals surface area (Å²) < 4.78 is 52.1. The van der Waals surface area contributed by atoms with E-state index in [1.807, 2.05) is 0 Å². The first-order chi connectivity index (χ1) is 20.5. The largest absolute Gasteiger partial charge is 0.457 e. The van der Waals surface area contributed by atoms with Gasteiger partial charge in [-0.2, -0.15) is 0 Å². The summed E-state index contributed by atoms with van der Waals surface area (Å²) in [6.07, 6.45) is 1.10. The minimum Gasteiger partial charge on any atom is -0.457 e. The number of anilines is 1. The van der Waals surface area contributed by atoms with E-state index in [1.54, 1.807) is 67.6 Å². The van der Waals surface area contributed by atoms with Crippen LogP contribution >= 0.6 is 0 Å². The van der Waals surface area contributed by atoms with Crippen molar-refractivity contribution in [2.24, 2.45) is 5.73 Å². The van der Waals surface area contributed by atoms with Crippen LogP contribution in [0.2, 0.25) is 0 Å². The zero-order chi connectivity index (χ0) is 30.9. The fraction of sp³-hybridized carbons (Fsp3) is 0.125. The molecule has 1 aromatic heterocycles.